The Kier molecular flexibility index (Phi) is 22.2. The van der Waals surface area contributed by atoms with E-state index in [1.807, 2.05) is 51.1 Å². The molecule has 0 spiro atoms. The number of hydrogen-bond donors (Lipinski definition) is 4. The number of rotatable bonds is 12. The number of benzene rings is 2. The highest BCUT2D eigenvalue weighted by molar-refractivity contribution is 9.10. The molecule has 23 nitrogen and oxygen atoms in total. The molecule has 8 aromatic rings. The van der Waals surface area contributed by atoms with Gasteiger partial charge in [-0.3, -0.25) is 48.1 Å². The number of carbonyl (C=O) groups excluding carboxylic acids is 5. The van der Waals surface area contributed by atoms with E-state index in [1.165, 1.54) is 31.1 Å². The molecule has 2 aliphatic carbocycles. The van der Waals surface area contributed by atoms with Crippen molar-refractivity contribution >= 4 is 149 Å². The van der Waals surface area contributed by atoms with E-state index in [0.717, 1.165) is 40.8 Å². The summed E-state index contributed by atoms with van der Waals surface area (Å²) in [6.07, 6.45) is 13.6. The number of halogens is 3. The van der Waals surface area contributed by atoms with E-state index in [-0.39, 0.29) is 99.2 Å². The molecule has 6 aromatic heterocycles. The van der Waals surface area contributed by atoms with Gasteiger partial charge in [0.15, 0.2) is 23.2 Å². The molecule has 440 valence electrons. The largest absolute Gasteiger partial charge is 0.480 e. The Morgan fingerprint density at radius 2 is 1.10 bits per heavy atom. The summed E-state index contributed by atoms with van der Waals surface area (Å²) in [6, 6.07) is 10.9. The summed E-state index contributed by atoms with van der Waals surface area (Å²) in [5, 5.41) is 27.8. The third kappa shape index (κ3) is 15.1. The first-order valence-electron chi connectivity index (χ1n) is 25.4. The van der Waals surface area contributed by atoms with E-state index in [4.69, 9.17) is 5.11 Å². The van der Waals surface area contributed by atoms with Crippen LogP contribution in [0.1, 0.15) is 91.0 Å². The number of anilines is 2. The molecule has 3 amide bonds. The molecule has 2 saturated carbocycles. The van der Waals surface area contributed by atoms with Crippen molar-refractivity contribution in [2.24, 2.45) is 11.8 Å². The summed E-state index contributed by atoms with van der Waals surface area (Å²) in [6.45, 7) is 9.77. The molecule has 12 rings (SSSR count). The van der Waals surface area contributed by atoms with E-state index in [9.17, 15) is 28.8 Å². The molecule has 4 N–H and O–H groups in total. The van der Waals surface area contributed by atoms with Gasteiger partial charge in [0.1, 0.15) is 51.4 Å². The number of carboxylic acid groups (broad SMARTS) is 1. The van der Waals surface area contributed by atoms with Crippen LogP contribution in [-0.4, -0.2) is 129 Å². The zero-order valence-corrected chi connectivity index (χ0v) is 51.9. The Balaban J connectivity index is 0.000000214. The number of aryl methyl sites for hydroxylation is 4. The van der Waals surface area contributed by atoms with E-state index < -0.39 is 12.0 Å². The highest BCUT2D eigenvalue weighted by Gasteiger charge is 2.56. The average Bonchev–Trinajstić information content (AvgIpc) is 2.90. The second-order valence-corrected chi connectivity index (χ2v) is 21.4. The predicted molar refractivity (Wildman–Crippen MR) is 335 cm³/mol. The van der Waals surface area contributed by atoms with E-state index in [2.05, 4.69) is 120 Å². The summed E-state index contributed by atoms with van der Waals surface area (Å²) in [5.74, 6) is 1.24. The molecule has 0 radical (unpaired) electrons. The number of carbonyl (C=O) groups is 6. The number of amides is 3. The van der Waals surface area contributed by atoms with Gasteiger partial charge < -0.3 is 26.0 Å². The Morgan fingerprint density at radius 1 is 0.631 bits per heavy atom. The van der Waals surface area contributed by atoms with Crippen molar-refractivity contribution in [3.8, 4) is 22.3 Å². The lowest BCUT2D eigenvalue weighted by Crippen LogP contribution is -2.46. The summed E-state index contributed by atoms with van der Waals surface area (Å²) < 4.78 is 4.09. The Labute approximate surface area is 522 Å². The Hall–Kier alpha value is -7.08. The molecule has 4 aliphatic rings. The first-order valence-corrected chi connectivity index (χ1v) is 28.4. The van der Waals surface area contributed by atoms with Gasteiger partial charge in [0.2, 0.25) is 17.7 Å². The van der Waals surface area contributed by atoms with Gasteiger partial charge in [-0.2, -0.15) is 23.7 Å². The molecule has 84 heavy (non-hydrogen) atoms. The smallest absolute Gasteiger partial charge is 0.325 e. The standard InChI is InChI=1S/C27H25BrN8O3.C16H14N4O3.C11H13BrN4O.CH4.ClH.S2.H2S/c1-13-26(28)32-23(11-29-13)33-27(39)22-8-17-7-21(17)36(22)24(38)12-35-20-5-4-16(18-9-30-15(3)31-10-18)6-19(20)25(34-35)14(2)37;1-9(21)16-13-5-11(12-6-17-10(2)18-7-12)3-4-14(13)20(19-16)8-15(22)23;1-5-10(12)15-9(4-13-5)16-11(17)8-3-6-2-7(6)14-8;;;1-2;/h4-6,9-11,17,21-22H,7-8,12H2,1-3H3,(H,32,33,39);3-7H,8H2,1-2H3,(H,22,23);4,6-8,14H,2-3H2,1H3,(H,15,16,17);1H4;1H;;1H2/t17-,21-,22+;;6-,7-,8+;;;;/m1.1..../s1. The lowest BCUT2D eigenvalue weighted by molar-refractivity contribution is -0.138. The van der Waals surface area contributed by atoms with Crippen LogP contribution in [0.2, 0.25) is 0 Å². The van der Waals surface area contributed by atoms with Crippen LogP contribution < -0.4 is 16.0 Å². The van der Waals surface area contributed by atoms with Crippen molar-refractivity contribution in [3.05, 3.63) is 117 Å². The lowest BCUT2D eigenvalue weighted by atomic mass is 10.0. The van der Waals surface area contributed by atoms with E-state index in [1.54, 1.807) is 53.6 Å². The Morgan fingerprint density at radius 3 is 1.52 bits per heavy atom. The van der Waals surface area contributed by atoms with Crippen molar-refractivity contribution in [2.75, 3.05) is 10.6 Å². The van der Waals surface area contributed by atoms with Crippen molar-refractivity contribution in [3.63, 3.8) is 0 Å². The number of ketones is 2. The summed E-state index contributed by atoms with van der Waals surface area (Å²) in [5.41, 5.74) is 6.66. The maximum absolute atomic E-state index is 13.6. The molecule has 6 atom stereocenters. The number of aromatic nitrogens is 12. The predicted octanol–water partition coefficient (Wildman–Crippen LogP) is 7.98. The summed E-state index contributed by atoms with van der Waals surface area (Å²) in [4.78, 5) is 109. The number of piperidine rings is 2. The average molecular weight is 1350 g/mol. The van der Waals surface area contributed by atoms with Gasteiger partial charge in [0.05, 0.1) is 40.9 Å². The van der Waals surface area contributed by atoms with Crippen LogP contribution in [0.5, 0.6) is 0 Å². The van der Waals surface area contributed by atoms with E-state index >= 15 is 0 Å². The van der Waals surface area contributed by atoms with Crippen molar-refractivity contribution in [2.45, 2.75) is 112 Å². The molecule has 8 heterocycles. The summed E-state index contributed by atoms with van der Waals surface area (Å²) in [7, 11) is 0. The number of Topliss-reactive ketones (excluding diaryl/α,β-unsaturated/α-hetero) is 2. The molecule has 2 aromatic carbocycles. The number of nitrogens with one attached hydrogen (secondary N) is 3. The molecule has 4 fully saturated rings. The van der Waals surface area contributed by atoms with Crippen LogP contribution in [0.3, 0.4) is 0 Å². The van der Waals surface area contributed by atoms with Gasteiger partial charge in [-0.15, -0.1) is 12.4 Å². The molecule has 0 unspecified atom stereocenters. The Bertz CT molecular complexity index is 3790. The molecule has 29 heteroatoms. The second kappa shape index (κ2) is 28.2. The van der Waals surface area contributed by atoms with Gasteiger partial charge >= 0.3 is 5.97 Å². The molecular formula is C55H59Br2ClN16O7S3. The number of hydrogen-bond acceptors (Lipinski definition) is 19. The maximum Gasteiger partial charge on any atom is 0.325 e. The normalized spacial score (nSPS) is 18.2. The molecule has 0 bridgehead atoms. The lowest BCUT2D eigenvalue weighted by Gasteiger charge is -2.26. The van der Waals surface area contributed by atoms with Gasteiger partial charge in [-0.25, -0.2) is 29.9 Å². The van der Waals surface area contributed by atoms with Crippen molar-refractivity contribution in [1.29, 1.82) is 0 Å². The third-order valence-corrected chi connectivity index (χ3v) is 15.7. The van der Waals surface area contributed by atoms with Crippen LogP contribution in [0.4, 0.5) is 11.6 Å². The van der Waals surface area contributed by atoms with Crippen LogP contribution in [0, 0.1) is 39.5 Å². The number of aliphatic carboxylic acids is 1. The monoisotopic (exact) mass is 1340 g/mol. The number of likely N-dealkylation sites (tertiary alicyclic amines) is 1. The fourth-order valence-electron chi connectivity index (χ4n) is 9.87. The van der Waals surface area contributed by atoms with Crippen molar-refractivity contribution in [1.82, 2.24) is 69.6 Å². The van der Waals surface area contributed by atoms with Gasteiger partial charge in [-0.05, 0) is 132 Å². The minimum atomic E-state index is -1.01. The fraction of sp³-hybridized carbons (Fsp3) is 0.345. The second-order valence-electron chi connectivity index (χ2n) is 19.9. The minimum Gasteiger partial charge on any atom is -0.480 e. The van der Waals surface area contributed by atoms with Crippen LogP contribution in [-0.2, 0) is 54.6 Å². The number of carboxylic acids is 1. The van der Waals surface area contributed by atoms with Gasteiger partial charge in [0.25, 0.3) is 0 Å². The number of nitrogens with zero attached hydrogens (tertiary/aromatic N) is 13. The summed E-state index contributed by atoms with van der Waals surface area (Å²) >= 11 is 14.0. The molecule has 2 aliphatic heterocycles. The molecule has 2 saturated heterocycles. The van der Waals surface area contributed by atoms with Crippen molar-refractivity contribution < 1.29 is 33.9 Å². The first-order chi connectivity index (χ1) is 38.8. The zero-order valence-electron chi connectivity index (χ0n) is 45.3. The van der Waals surface area contributed by atoms with Gasteiger partial charge in [0, 0.05) is 95.0 Å². The number of fused-ring (bicyclic) bond motifs is 4. The topological polar surface area (TPSA) is 301 Å². The first kappa shape index (κ1) is 66.1. The van der Waals surface area contributed by atoms with Gasteiger partial charge in [-0.1, -0.05) is 19.6 Å². The highest BCUT2D eigenvalue weighted by Crippen LogP contribution is 2.48. The minimum absolute atomic E-state index is 0. The van der Waals surface area contributed by atoms with Crippen LogP contribution in [0.15, 0.2) is 82.8 Å². The quantitative estimate of drug-likeness (QED) is 0.0842. The maximum atomic E-state index is 13.6. The van der Waals surface area contributed by atoms with Crippen LogP contribution >= 0.6 is 57.8 Å². The molecular weight excluding hydrogens is 1290 g/mol. The zero-order chi connectivity index (χ0) is 58.0. The van der Waals surface area contributed by atoms with Crippen LogP contribution in [0.25, 0.3) is 44.1 Å². The van der Waals surface area contributed by atoms with E-state index in [0.29, 0.717) is 84.3 Å². The SMILES string of the molecule is C.CC(=O)c1nn(CC(=O)N2[C@@H]3C[C@@H]3C[C@H]2C(=O)Nc2cnc(C)c(Br)n2)c2ccc(-c3cnc(C)nc3)cc12.CC(=O)c1nn(CC(=O)O)c2ccc(-c3cnc(C)nc3)cc12.Cc1ncc(NC(=O)[C@@H]2C[C@H]3C[C@H]3N2)nc1Br.Cl.S.S=S. The highest BCUT2D eigenvalue weighted by atomic mass is 79.9. The fourth-order valence-corrected chi connectivity index (χ4v) is 10.5. The third-order valence-electron chi connectivity index (χ3n) is 14.2.